The molecule has 2 aromatic rings. The van der Waals surface area contributed by atoms with Crippen molar-refractivity contribution in [2.24, 2.45) is 0 Å². The van der Waals surface area contributed by atoms with Crippen LogP contribution in [0.2, 0.25) is 0 Å². The Labute approximate surface area is 124 Å². The summed E-state index contributed by atoms with van der Waals surface area (Å²) in [6.45, 7) is 9.29. The topological polar surface area (TPSA) is 49.8 Å². The lowest BCUT2D eigenvalue weighted by molar-refractivity contribution is 0.872. The van der Waals surface area contributed by atoms with Crippen LogP contribution in [-0.2, 0) is 6.42 Å². The normalized spacial score (nSPS) is 12.2. The van der Waals surface area contributed by atoms with Crippen LogP contribution in [0.5, 0.6) is 0 Å². The monoisotopic (exact) mass is 290 g/mol. The van der Waals surface area contributed by atoms with Crippen molar-refractivity contribution in [2.75, 3.05) is 17.2 Å². The van der Waals surface area contributed by atoms with Gasteiger partial charge < -0.3 is 10.6 Å². The predicted molar refractivity (Wildman–Crippen MR) is 86.7 cm³/mol. The smallest absolute Gasteiger partial charge is 0.132 e. The molecule has 0 bridgehead atoms. The number of nitrogens with zero attached hydrogens (tertiary/aromatic N) is 2. The number of aromatic nitrogens is 2. The Morgan fingerprint density at radius 3 is 2.55 bits per heavy atom. The van der Waals surface area contributed by atoms with Gasteiger partial charge in [0, 0.05) is 28.8 Å². The minimum atomic E-state index is 0.253. The van der Waals surface area contributed by atoms with E-state index in [4.69, 9.17) is 0 Å². The van der Waals surface area contributed by atoms with E-state index in [0.717, 1.165) is 30.4 Å². The number of hydrogen-bond donors (Lipinski definition) is 2. The maximum absolute atomic E-state index is 4.55. The summed E-state index contributed by atoms with van der Waals surface area (Å²) < 4.78 is 0. The Hall–Kier alpha value is -1.62. The van der Waals surface area contributed by atoms with Crippen LogP contribution < -0.4 is 10.6 Å². The fraction of sp³-hybridized carbons (Fsp3) is 0.467. The average Bonchev–Trinajstić information content (AvgIpc) is 2.85. The summed E-state index contributed by atoms with van der Waals surface area (Å²) >= 11 is 1.82. The second-order valence-corrected chi connectivity index (χ2v) is 6.07. The Morgan fingerprint density at radius 1 is 1.20 bits per heavy atom. The first-order valence-corrected chi connectivity index (χ1v) is 7.88. The summed E-state index contributed by atoms with van der Waals surface area (Å²) in [5, 5.41) is 6.72. The second kappa shape index (κ2) is 6.70. The van der Waals surface area contributed by atoms with Crippen molar-refractivity contribution < 1.29 is 0 Å². The molecule has 2 aromatic heterocycles. The highest BCUT2D eigenvalue weighted by Crippen LogP contribution is 2.25. The highest BCUT2D eigenvalue weighted by Gasteiger charge is 2.10. The van der Waals surface area contributed by atoms with Gasteiger partial charge in [0.15, 0.2) is 0 Å². The van der Waals surface area contributed by atoms with Crippen molar-refractivity contribution in [3.63, 3.8) is 0 Å². The van der Waals surface area contributed by atoms with E-state index < -0.39 is 0 Å². The molecule has 4 nitrogen and oxygen atoms in total. The quantitative estimate of drug-likeness (QED) is 0.844. The molecule has 1 atom stereocenters. The molecule has 2 heterocycles. The Kier molecular flexibility index (Phi) is 4.95. The molecule has 2 N–H and O–H groups in total. The van der Waals surface area contributed by atoms with E-state index in [2.05, 4.69) is 60.4 Å². The Bertz CT molecular complexity index is 565. The first-order valence-electron chi connectivity index (χ1n) is 7.07. The van der Waals surface area contributed by atoms with Gasteiger partial charge in [0.25, 0.3) is 0 Å². The summed E-state index contributed by atoms with van der Waals surface area (Å²) in [5.41, 5.74) is 0. The highest BCUT2D eigenvalue weighted by molar-refractivity contribution is 7.12. The van der Waals surface area contributed by atoms with E-state index in [9.17, 15) is 0 Å². The molecular weight excluding hydrogens is 268 g/mol. The van der Waals surface area contributed by atoms with Gasteiger partial charge in [0.1, 0.15) is 17.5 Å². The molecule has 108 valence electrons. The molecule has 0 fully saturated rings. The summed E-state index contributed by atoms with van der Waals surface area (Å²) in [6.07, 6.45) is 0.834. The standard InChI is InChI=1S/C15H22N4S/c1-5-13-18-14(16-6-2)9-15(19-13)17-11(4)12-8-7-10(3)20-12/h7-9,11H,5-6H2,1-4H3,(H2,16,17,18,19). The van der Waals surface area contributed by atoms with Crippen LogP contribution in [0.15, 0.2) is 18.2 Å². The van der Waals surface area contributed by atoms with Crippen LogP contribution in [0.3, 0.4) is 0 Å². The Balaban J connectivity index is 2.17. The zero-order valence-corrected chi connectivity index (χ0v) is 13.3. The lowest BCUT2D eigenvalue weighted by Gasteiger charge is -2.15. The number of thiophene rings is 1. The van der Waals surface area contributed by atoms with Crippen molar-refractivity contribution in [3.05, 3.63) is 33.8 Å². The average molecular weight is 290 g/mol. The van der Waals surface area contributed by atoms with E-state index in [1.54, 1.807) is 0 Å². The summed E-state index contributed by atoms with van der Waals surface area (Å²) in [7, 11) is 0. The molecule has 2 rings (SSSR count). The lowest BCUT2D eigenvalue weighted by Crippen LogP contribution is -2.10. The maximum atomic E-state index is 4.55. The number of hydrogen-bond acceptors (Lipinski definition) is 5. The van der Waals surface area contributed by atoms with E-state index in [1.165, 1.54) is 9.75 Å². The molecule has 5 heteroatoms. The van der Waals surface area contributed by atoms with Gasteiger partial charge in [-0.2, -0.15) is 0 Å². The van der Waals surface area contributed by atoms with Crippen molar-refractivity contribution in [1.82, 2.24) is 9.97 Å². The van der Waals surface area contributed by atoms with Crippen LogP contribution in [0.25, 0.3) is 0 Å². The van der Waals surface area contributed by atoms with Gasteiger partial charge in [0.2, 0.25) is 0 Å². The third-order valence-electron chi connectivity index (χ3n) is 3.00. The second-order valence-electron chi connectivity index (χ2n) is 4.75. The summed E-state index contributed by atoms with van der Waals surface area (Å²) in [6, 6.07) is 6.55. The van der Waals surface area contributed by atoms with Gasteiger partial charge in [-0.15, -0.1) is 11.3 Å². The molecule has 0 saturated carbocycles. The minimum Gasteiger partial charge on any atom is -0.370 e. The first kappa shape index (κ1) is 14.8. The lowest BCUT2D eigenvalue weighted by atomic mass is 10.2. The number of anilines is 2. The van der Waals surface area contributed by atoms with Crippen molar-refractivity contribution in [3.8, 4) is 0 Å². The molecule has 0 saturated heterocycles. The van der Waals surface area contributed by atoms with Crippen LogP contribution in [0.1, 0.15) is 42.4 Å². The third-order valence-corrected chi connectivity index (χ3v) is 4.18. The van der Waals surface area contributed by atoms with Gasteiger partial charge in [-0.05, 0) is 32.9 Å². The van der Waals surface area contributed by atoms with E-state index >= 15 is 0 Å². The molecule has 0 aromatic carbocycles. The SMILES string of the molecule is CCNc1cc(NC(C)c2ccc(C)s2)nc(CC)n1. The molecule has 0 amide bonds. The predicted octanol–water partition coefficient (Wildman–Crippen LogP) is 4.01. The molecule has 0 spiro atoms. The molecule has 0 aliphatic rings. The van der Waals surface area contributed by atoms with Gasteiger partial charge >= 0.3 is 0 Å². The number of rotatable bonds is 6. The molecule has 0 aliphatic heterocycles. The molecule has 0 aliphatic carbocycles. The first-order chi connectivity index (χ1) is 9.62. The Morgan fingerprint density at radius 2 is 1.95 bits per heavy atom. The molecule has 1 unspecified atom stereocenters. The highest BCUT2D eigenvalue weighted by atomic mass is 32.1. The summed E-state index contributed by atoms with van der Waals surface area (Å²) in [4.78, 5) is 11.7. The number of nitrogens with one attached hydrogen (secondary N) is 2. The van der Waals surface area contributed by atoms with Crippen LogP contribution in [0, 0.1) is 6.92 Å². The van der Waals surface area contributed by atoms with Gasteiger partial charge in [-0.1, -0.05) is 6.92 Å². The van der Waals surface area contributed by atoms with Crippen molar-refractivity contribution in [2.45, 2.75) is 40.2 Å². The molecular formula is C15H22N4S. The fourth-order valence-corrected chi connectivity index (χ4v) is 2.86. The van der Waals surface area contributed by atoms with E-state index in [1.807, 2.05) is 17.4 Å². The maximum Gasteiger partial charge on any atom is 0.132 e. The van der Waals surface area contributed by atoms with Crippen LogP contribution in [0.4, 0.5) is 11.6 Å². The van der Waals surface area contributed by atoms with Crippen LogP contribution in [-0.4, -0.2) is 16.5 Å². The van der Waals surface area contributed by atoms with E-state index in [-0.39, 0.29) is 6.04 Å². The minimum absolute atomic E-state index is 0.253. The van der Waals surface area contributed by atoms with Gasteiger partial charge in [-0.3, -0.25) is 0 Å². The molecule has 20 heavy (non-hydrogen) atoms. The number of aryl methyl sites for hydroxylation is 2. The van der Waals surface area contributed by atoms with E-state index in [0.29, 0.717) is 0 Å². The molecule has 0 radical (unpaired) electrons. The largest absolute Gasteiger partial charge is 0.370 e. The summed E-state index contributed by atoms with van der Waals surface area (Å²) in [5.74, 6) is 2.63. The third kappa shape index (κ3) is 3.70. The fourth-order valence-electron chi connectivity index (χ4n) is 1.98. The van der Waals surface area contributed by atoms with Gasteiger partial charge in [-0.25, -0.2) is 9.97 Å². The van der Waals surface area contributed by atoms with Crippen LogP contribution >= 0.6 is 11.3 Å². The van der Waals surface area contributed by atoms with Crippen molar-refractivity contribution >= 4 is 23.0 Å². The zero-order valence-electron chi connectivity index (χ0n) is 12.5. The van der Waals surface area contributed by atoms with Gasteiger partial charge in [0.05, 0.1) is 6.04 Å². The van der Waals surface area contributed by atoms with Crippen molar-refractivity contribution in [1.29, 1.82) is 0 Å². The zero-order chi connectivity index (χ0) is 14.5.